The molecule has 0 heterocycles. The van der Waals surface area contributed by atoms with Crippen molar-refractivity contribution in [3.8, 4) is 5.75 Å². The number of aromatic hydroxyl groups is 1. The van der Waals surface area contributed by atoms with Crippen molar-refractivity contribution >= 4 is 0 Å². The van der Waals surface area contributed by atoms with Gasteiger partial charge in [0.25, 0.3) is 0 Å². The fraction of sp³-hybridized carbons (Fsp3) is 0.600. The van der Waals surface area contributed by atoms with Crippen molar-refractivity contribution in [3.05, 3.63) is 29.8 Å². The molecule has 0 saturated heterocycles. The van der Waals surface area contributed by atoms with Crippen LogP contribution >= 0.6 is 0 Å². The van der Waals surface area contributed by atoms with Crippen LogP contribution in [0.2, 0.25) is 0 Å². The van der Waals surface area contributed by atoms with Crippen molar-refractivity contribution in [2.45, 2.75) is 34.2 Å². The molecule has 2 nitrogen and oxygen atoms in total. The average molecular weight is 235 g/mol. The van der Waals surface area contributed by atoms with Gasteiger partial charge < -0.3 is 5.11 Å². The summed E-state index contributed by atoms with van der Waals surface area (Å²) >= 11 is 0. The summed E-state index contributed by atoms with van der Waals surface area (Å²) in [6.45, 7) is 12.2. The summed E-state index contributed by atoms with van der Waals surface area (Å²) in [5.74, 6) is 1.71. The van der Waals surface area contributed by atoms with Gasteiger partial charge in [0.2, 0.25) is 0 Å². The molecular formula is C15H25NO. The van der Waals surface area contributed by atoms with Crippen LogP contribution in [-0.2, 0) is 6.54 Å². The second-order valence-corrected chi connectivity index (χ2v) is 5.65. The van der Waals surface area contributed by atoms with E-state index in [0.29, 0.717) is 17.6 Å². The number of phenols is 1. The van der Waals surface area contributed by atoms with Crippen LogP contribution in [0.5, 0.6) is 5.75 Å². The Bertz CT molecular complexity index is 306. The Kier molecular flexibility index (Phi) is 5.49. The van der Waals surface area contributed by atoms with Gasteiger partial charge >= 0.3 is 0 Å². The van der Waals surface area contributed by atoms with E-state index in [9.17, 15) is 5.11 Å². The van der Waals surface area contributed by atoms with E-state index in [-0.39, 0.29) is 0 Å². The third-order valence-electron chi connectivity index (χ3n) is 2.59. The Labute approximate surface area is 105 Å². The first-order valence-electron chi connectivity index (χ1n) is 6.47. The lowest BCUT2D eigenvalue weighted by molar-refractivity contribution is 0.211. The zero-order valence-corrected chi connectivity index (χ0v) is 11.5. The number of nitrogens with zero attached hydrogens (tertiary/aromatic N) is 1. The van der Waals surface area contributed by atoms with E-state index in [0.717, 1.165) is 19.6 Å². The maximum Gasteiger partial charge on any atom is 0.115 e. The SMILES string of the molecule is CC(C)CN(Cc1ccc(O)cc1)CC(C)C. The van der Waals surface area contributed by atoms with Gasteiger partial charge in [0.05, 0.1) is 0 Å². The van der Waals surface area contributed by atoms with E-state index < -0.39 is 0 Å². The fourth-order valence-corrected chi connectivity index (χ4v) is 2.10. The van der Waals surface area contributed by atoms with Gasteiger partial charge in [-0.1, -0.05) is 39.8 Å². The number of benzene rings is 1. The van der Waals surface area contributed by atoms with Gasteiger partial charge in [0.15, 0.2) is 0 Å². The van der Waals surface area contributed by atoms with Crippen molar-refractivity contribution in [1.82, 2.24) is 4.90 Å². The first-order chi connectivity index (χ1) is 7.97. The fourth-order valence-electron chi connectivity index (χ4n) is 2.10. The Hall–Kier alpha value is -1.02. The smallest absolute Gasteiger partial charge is 0.115 e. The molecular weight excluding hydrogens is 210 g/mol. The lowest BCUT2D eigenvalue weighted by atomic mass is 10.1. The average Bonchev–Trinajstić information content (AvgIpc) is 2.19. The molecule has 1 aromatic rings. The molecule has 0 saturated carbocycles. The first-order valence-corrected chi connectivity index (χ1v) is 6.47. The van der Waals surface area contributed by atoms with Gasteiger partial charge in [-0.2, -0.15) is 0 Å². The summed E-state index contributed by atoms with van der Waals surface area (Å²) < 4.78 is 0. The summed E-state index contributed by atoms with van der Waals surface area (Å²) in [4.78, 5) is 2.49. The molecule has 17 heavy (non-hydrogen) atoms. The third-order valence-corrected chi connectivity index (χ3v) is 2.59. The van der Waals surface area contributed by atoms with Gasteiger partial charge in [-0.05, 0) is 29.5 Å². The molecule has 0 bridgehead atoms. The summed E-state index contributed by atoms with van der Waals surface area (Å²) in [5.41, 5.74) is 1.27. The second kappa shape index (κ2) is 6.65. The number of hydrogen-bond donors (Lipinski definition) is 1. The Morgan fingerprint density at radius 1 is 0.941 bits per heavy atom. The van der Waals surface area contributed by atoms with Crippen molar-refractivity contribution < 1.29 is 5.11 Å². The molecule has 0 unspecified atom stereocenters. The van der Waals surface area contributed by atoms with Gasteiger partial charge in [-0.15, -0.1) is 0 Å². The minimum Gasteiger partial charge on any atom is -0.508 e. The largest absolute Gasteiger partial charge is 0.508 e. The van der Waals surface area contributed by atoms with Crippen molar-refractivity contribution in [1.29, 1.82) is 0 Å². The molecule has 0 amide bonds. The van der Waals surface area contributed by atoms with E-state index in [2.05, 4.69) is 32.6 Å². The van der Waals surface area contributed by atoms with Gasteiger partial charge in [-0.3, -0.25) is 4.90 Å². The molecule has 1 rings (SSSR count). The molecule has 0 aliphatic heterocycles. The summed E-state index contributed by atoms with van der Waals surface area (Å²) in [6.07, 6.45) is 0. The van der Waals surface area contributed by atoms with Crippen LogP contribution in [0.1, 0.15) is 33.3 Å². The Morgan fingerprint density at radius 3 is 1.82 bits per heavy atom. The van der Waals surface area contributed by atoms with Crippen LogP contribution in [0.15, 0.2) is 24.3 Å². The zero-order valence-electron chi connectivity index (χ0n) is 11.5. The van der Waals surface area contributed by atoms with E-state index >= 15 is 0 Å². The Morgan fingerprint density at radius 2 is 1.41 bits per heavy atom. The molecule has 0 aromatic heterocycles. The normalized spacial score (nSPS) is 11.7. The minimum absolute atomic E-state index is 0.341. The first kappa shape index (κ1) is 14.0. The number of hydrogen-bond acceptors (Lipinski definition) is 2. The van der Waals surface area contributed by atoms with Gasteiger partial charge in [-0.25, -0.2) is 0 Å². The molecule has 0 atom stereocenters. The maximum atomic E-state index is 9.27. The molecule has 0 fully saturated rings. The quantitative estimate of drug-likeness (QED) is 0.815. The molecule has 0 spiro atoms. The lowest BCUT2D eigenvalue weighted by Crippen LogP contribution is -2.30. The van der Waals surface area contributed by atoms with Crippen LogP contribution in [0.3, 0.4) is 0 Å². The molecule has 1 aromatic carbocycles. The van der Waals surface area contributed by atoms with Crippen molar-refractivity contribution in [2.24, 2.45) is 11.8 Å². The number of rotatable bonds is 6. The molecule has 0 radical (unpaired) electrons. The predicted molar refractivity (Wildman–Crippen MR) is 73.1 cm³/mol. The van der Waals surface area contributed by atoms with E-state index in [1.165, 1.54) is 5.56 Å². The molecule has 2 heteroatoms. The van der Waals surface area contributed by atoms with Crippen LogP contribution in [0, 0.1) is 11.8 Å². The van der Waals surface area contributed by atoms with E-state index in [1.54, 1.807) is 12.1 Å². The summed E-state index contributed by atoms with van der Waals surface area (Å²) in [5, 5.41) is 9.27. The number of phenolic OH excluding ortho intramolecular Hbond substituents is 1. The highest BCUT2D eigenvalue weighted by Crippen LogP contribution is 2.13. The van der Waals surface area contributed by atoms with Crippen LogP contribution in [0.4, 0.5) is 0 Å². The maximum absolute atomic E-state index is 9.27. The highest BCUT2D eigenvalue weighted by molar-refractivity contribution is 5.25. The highest BCUT2D eigenvalue weighted by Gasteiger charge is 2.10. The van der Waals surface area contributed by atoms with Crippen LogP contribution in [0.25, 0.3) is 0 Å². The lowest BCUT2D eigenvalue weighted by Gasteiger charge is -2.26. The van der Waals surface area contributed by atoms with E-state index in [4.69, 9.17) is 0 Å². The summed E-state index contributed by atoms with van der Waals surface area (Å²) in [6, 6.07) is 7.53. The van der Waals surface area contributed by atoms with Gasteiger partial charge in [0, 0.05) is 19.6 Å². The van der Waals surface area contributed by atoms with Crippen LogP contribution in [-0.4, -0.2) is 23.1 Å². The molecule has 96 valence electrons. The topological polar surface area (TPSA) is 23.5 Å². The van der Waals surface area contributed by atoms with Crippen LogP contribution < -0.4 is 0 Å². The second-order valence-electron chi connectivity index (χ2n) is 5.65. The monoisotopic (exact) mass is 235 g/mol. The standard InChI is InChI=1S/C15H25NO/c1-12(2)9-16(10-13(3)4)11-14-5-7-15(17)8-6-14/h5-8,12-13,17H,9-11H2,1-4H3. The van der Waals surface area contributed by atoms with Crippen molar-refractivity contribution in [3.63, 3.8) is 0 Å². The highest BCUT2D eigenvalue weighted by atomic mass is 16.3. The molecule has 0 aliphatic carbocycles. The Balaban J connectivity index is 2.61. The minimum atomic E-state index is 0.341. The third kappa shape index (κ3) is 5.73. The van der Waals surface area contributed by atoms with E-state index in [1.807, 2.05) is 12.1 Å². The van der Waals surface area contributed by atoms with Gasteiger partial charge in [0.1, 0.15) is 5.75 Å². The molecule has 1 N–H and O–H groups in total. The van der Waals surface area contributed by atoms with Crippen molar-refractivity contribution in [2.75, 3.05) is 13.1 Å². The molecule has 0 aliphatic rings. The zero-order chi connectivity index (χ0) is 12.8. The predicted octanol–water partition coefficient (Wildman–Crippen LogP) is 3.51. The summed E-state index contributed by atoms with van der Waals surface area (Å²) in [7, 11) is 0.